The minimum absolute atomic E-state index is 0. The van der Waals surface area contributed by atoms with Gasteiger partial charge in [0, 0.05) is 7.26 Å². The summed E-state index contributed by atoms with van der Waals surface area (Å²) in [4.78, 5) is 0. The molecule has 1 heteroatoms. The highest BCUT2D eigenvalue weighted by atomic mass is 31.2. The highest BCUT2D eigenvalue weighted by Gasteiger charge is 2.34. The summed E-state index contributed by atoms with van der Waals surface area (Å²) >= 11 is 0. The predicted molar refractivity (Wildman–Crippen MR) is 166 cm³/mol. The maximum atomic E-state index is 2.37. The van der Waals surface area contributed by atoms with Crippen molar-refractivity contribution in [2.75, 3.05) is 24.6 Å². The van der Waals surface area contributed by atoms with Crippen LogP contribution in [0.1, 0.15) is 182 Å². The average Bonchev–Trinajstić information content (AvgIpc) is 2.83. The van der Waals surface area contributed by atoms with E-state index in [1.807, 2.05) is 0 Å². The molecule has 0 spiro atoms. The van der Waals surface area contributed by atoms with Crippen LogP contribution in [-0.4, -0.2) is 24.6 Å². The fourth-order valence-electron chi connectivity index (χ4n) is 5.58. The van der Waals surface area contributed by atoms with Crippen LogP contribution in [0.2, 0.25) is 0 Å². The van der Waals surface area contributed by atoms with E-state index in [9.17, 15) is 0 Å². The van der Waals surface area contributed by atoms with Crippen LogP contribution in [0.15, 0.2) is 0 Å². The third kappa shape index (κ3) is 24.1. The third-order valence-corrected chi connectivity index (χ3v) is 13.0. The molecular formula is C33H71P. The Hall–Kier alpha value is 0.430. The second-order valence-corrected chi connectivity index (χ2v) is 15.8. The molecule has 0 saturated carbocycles. The van der Waals surface area contributed by atoms with Gasteiger partial charge in [0.15, 0.2) is 0 Å². The topological polar surface area (TPSA) is 0 Å². The van der Waals surface area contributed by atoms with Crippen molar-refractivity contribution in [2.45, 2.75) is 182 Å². The molecule has 0 radical (unpaired) electrons. The van der Waals surface area contributed by atoms with Crippen LogP contribution < -0.4 is 0 Å². The summed E-state index contributed by atoms with van der Waals surface area (Å²) in [6, 6.07) is 0. The van der Waals surface area contributed by atoms with Gasteiger partial charge in [-0.1, -0.05) is 130 Å². The molecule has 0 unspecified atom stereocenters. The average molecular weight is 499 g/mol. The molecule has 0 saturated heterocycles. The fraction of sp³-hybridized carbons (Fsp3) is 0.970. The van der Waals surface area contributed by atoms with Gasteiger partial charge in [0.05, 0.1) is 24.6 Å². The van der Waals surface area contributed by atoms with E-state index in [0.29, 0.717) is 0 Å². The van der Waals surface area contributed by atoms with Gasteiger partial charge in [-0.25, -0.2) is 0 Å². The lowest BCUT2D eigenvalue weighted by Gasteiger charge is -2.28. The van der Waals surface area contributed by atoms with Crippen molar-refractivity contribution in [1.29, 1.82) is 0 Å². The first-order valence-corrected chi connectivity index (χ1v) is 18.6. The van der Waals surface area contributed by atoms with Gasteiger partial charge in [-0.3, -0.25) is 0 Å². The monoisotopic (exact) mass is 499 g/mol. The lowest BCUT2D eigenvalue weighted by atomic mass is 10.1. The summed E-state index contributed by atoms with van der Waals surface area (Å²) in [5.74, 6) is 0. The van der Waals surface area contributed by atoms with E-state index >= 15 is 0 Å². The highest BCUT2D eigenvalue weighted by molar-refractivity contribution is 7.75. The molecule has 0 aromatic rings. The van der Waals surface area contributed by atoms with Crippen molar-refractivity contribution in [3.63, 3.8) is 0 Å². The van der Waals surface area contributed by atoms with E-state index in [2.05, 4.69) is 27.7 Å². The molecule has 208 valence electrons. The molecular weight excluding hydrogens is 427 g/mol. The summed E-state index contributed by atoms with van der Waals surface area (Å²) in [7, 11) is -0.697. The van der Waals surface area contributed by atoms with Crippen molar-refractivity contribution in [3.05, 3.63) is 7.43 Å². The van der Waals surface area contributed by atoms with Crippen LogP contribution in [-0.2, 0) is 0 Å². The molecule has 34 heavy (non-hydrogen) atoms. The molecule has 0 N–H and O–H groups in total. The Balaban J connectivity index is 0. The first kappa shape index (κ1) is 36.6. The van der Waals surface area contributed by atoms with Crippen molar-refractivity contribution in [2.24, 2.45) is 0 Å². The smallest absolute Gasteiger partial charge is 0.0594 e. The molecule has 0 aliphatic carbocycles. The minimum atomic E-state index is -0.697. The minimum Gasteiger partial charge on any atom is -0.358 e. The van der Waals surface area contributed by atoms with Crippen LogP contribution in [0.4, 0.5) is 0 Å². The predicted octanol–water partition coefficient (Wildman–Crippen LogP) is 12.9. The first-order valence-electron chi connectivity index (χ1n) is 16.1. The lowest BCUT2D eigenvalue weighted by molar-refractivity contribution is 0.548. The summed E-state index contributed by atoms with van der Waals surface area (Å²) in [6.07, 6.45) is 42.1. The Labute approximate surface area is 221 Å². The summed E-state index contributed by atoms with van der Waals surface area (Å²) in [5, 5.41) is 0. The standard InChI is InChI=1S/C32H68P.CH3/c1-5-9-13-17-18-19-20-21-22-23-24-28-32-33(29-25-14-10-6-2,30-26-15-11-7-3)31-27-16-12-8-4;/h5-32H2,1-4H3;1H3/q+1;-1. The molecule has 0 nitrogen and oxygen atoms in total. The Bertz CT molecular complexity index is 319. The van der Waals surface area contributed by atoms with Gasteiger partial charge in [-0.2, -0.15) is 0 Å². The van der Waals surface area contributed by atoms with E-state index < -0.39 is 7.26 Å². The summed E-state index contributed by atoms with van der Waals surface area (Å²) < 4.78 is 0. The maximum absolute atomic E-state index is 2.37. The van der Waals surface area contributed by atoms with Crippen LogP contribution in [0.25, 0.3) is 0 Å². The molecule has 0 atom stereocenters. The molecule has 0 heterocycles. The molecule has 0 rings (SSSR count). The number of hydrogen-bond acceptors (Lipinski definition) is 0. The second kappa shape index (κ2) is 29.7. The Morgan fingerprint density at radius 1 is 0.265 bits per heavy atom. The Morgan fingerprint density at radius 2 is 0.441 bits per heavy atom. The molecule has 0 aromatic heterocycles. The van der Waals surface area contributed by atoms with Crippen LogP contribution in [0.5, 0.6) is 0 Å². The van der Waals surface area contributed by atoms with Crippen molar-refractivity contribution in [1.82, 2.24) is 0 Å². The van der Waals surface area contributed by atoms with Crippen molar-refractivity contribution in [3.8, 4) is 0 Å². The zero-order valence-electron chi connectivity index (χ0n) is 25.2. The van der Waals surface area contributed by atoms with Gasteiger partial charge in [0.25, 0.3) is 0 Å². The van der Waals surface area contributed by atoms with E-state index in [0.717, 1.165) is 0 Å². The van der Waals surface area contributed by atoms with Gasteiger partial charge < -0.3 is 7.43 Å². The van der Waals surface area contributed by atoms with E-state index in [1.54, 1.807) is 50.3 Å². The molecule has 0 aliphatic heterocycles. The van der Waals surface area contributed by atoms with Gasteiger partial charge in [0.1, 0.15) is 0 Å². The third-order valence-electron chi connectivity index (χ3n) is 7.94. The zero-order chi connectivity index (χ0) is 24.3. The largest absolute Gasteiger partial charge is 0.358 e. The Kier molecular flexibility index (Phi) is 31.9. The Morgan fingerprint density at radius 3 is 0.676 bits per heavy atom. The first-order chi connectivity index (χ1) is 16.2. The van der Waals surface area contributed by atoms with E-state index in [1.165, 1.54) is 128 Å². The van der Waals surface area contributed by atoms with Gasteiger partial charge >= 0.3 is 0 Å². The van der Waals surface area contributed by atoms with Gasteiger partial charge in [-0.15, -0.1) is 0 Å². The number of unbranched alkanes of at least 4 members (excludes halogenated alkanes) is 20. The zero-order valence-corrected chi connectivity index (χ0v) is 26.1. The maximum Gasteiger partial charge on any atom is 0.0594 e. The fourth-order valence-corrected chi connectivity index (χ4v) is 10.5. The van der Waals surface area contributed by atoms with Crippen LogP contribution in [0, 0.1) is 7.43 Å². The molecule has 0 aromatic carbocycles. The van der Waals surface area contributed by atoms with Gasteiger partial charge in [-0.05, 0) is 51.4 Å². The number of rotatable bonds is 28. The molecule has 0 amide bonds. The van der Waals surface area contributed by atoms with Crippen molar-refractivity contribution >= 4 is 7.26 Å². The quantitative estimate of drug-likeness (QED) is 0.0571. The van der Waals surface area contributed by atoms with E-state index in [-0.39, 0.29) is 7.43 Å². The molecule has 0 bridgehead atoms. The van der Waals surface area contributed by atoms with Crippen molar-refractivity contribution < 1.29 is 0 Å². The van der Waals surface area contributed by atoms with Crippen LogP contribution in [0.3, 0.4) is 0 Å². The second-order valence-electron chi connectivity index (χ2n) is 11.3. The molecule has 0 aliphatic rings. The number of hydrogen-bond donors (Lipinski definition) is 0. The van der Waals surface area contributed by atoms with E-state index in [4.69, 9.17) is 0 Å². The normalized spacial score (nSPS) is 11.6. The van der Waals surface area contributed by atoms with Crippen LogP contribution >= 0.6 is 7.26 Å². The van der Waals surface area contributed by atoms with Gasteiger partial charge in [0.2, 0.25) is 0 Å². The lowest BCUT2D eigenvalue weighted by Crippen LogP contribution is -2.13. The SMILES string of the molecule is CCCCCCCCCCCCCC[P+](CCCCCC)(CCCCCC)CCCCCC.[CH3-]. The summed E-state index contributed by atoms with van der Waals surface area (Å²) in [5.41, 5.74) is 0. The highest BCUT2D eigenvalue weighted by Crippen LogP contribution is 2.61. The summed E-state index contributed by atoms with van der Waals surface area (Å²) in [6.45, 7) is 9.41. The molecule has 0 fully saturated rings.